The largest absolute Gasteiger partial charge is 0.465 e. The Kier molecular flexibility index (Phi) is 7.04. The maximum Gasteiger partial charge on any atom is 0.340 e. The second-order valence-electron chi connectivity index (χ2n) is 6.30. The van der Waals surface area contributed by atoms with Gasteiger partial charge in [0.25, 0.3) is 0 Å². The molecule has 1 heterocycles. The molecular weight excluding hydrogens is 388 g/mol. The van der Waals surface area contributed by atoms with Crippen LogP contribution in [0.2, 0.25) is 0 Å². The van der Waals surface area contributed by atoms with E-state index in [1.54, 1.807) is 58.5 Å². The fraction of sp³-hybridized carbons (Fsp3) is 0.300. The van der Waals surface area contributed by atoms with E-state index in [0.29, 0.717) is 48.7 Å². The molecule has 0 aromatic heterocycles. The van der Waals surface area contributed by atoms with Crippen molar-refractivity contribution in [2.45, 2.75) is 0 Å². The summed E-state index contributed by atoms with van der Waals surface area (Å²) in [4.78, 5) is 23.6. The van der Waals surface area contributed by atoms with Gasteiger partial charge in [-0.3, -0.25) is 10.0 Å². The first-order valence-corrected chi connectivity index (χ1v) is 9.30. The maximum atomic E-state index is 11.8. The number of ether oxygens (including phenoxy) is 2. The quantitative estimate of drug-likeness (QED) is 0.532. The lowest BCUT2D eigenvalue weighted by Gasteiger charge is -2.29. The number of nitrogens with zero attached hydrogens (tertiary/aromatic N) is 6. The van der Waals surface area contributed by atoms with Gasteiger partial charge in [0, 0.05) is 0 Å². The van der Waals surface area contributed by atoms with Crippen molar-refractivity contribution in [3.8, 4) is 0 Å². The Hall–Kier alpha value is -3.82. The highest BCUT2D eigenvalue weighted by Gasteiger charge is 2.16. The Morgan fingerprint density at radius 2 is 1.07 bits per heavy atom. The summed E-state index contributed by atoms with van der Waals surface area (Å²) >= 11 is 0. The zero-order valence-corrected chi connectivity index (χ0v) is 16.8. The van der Waals surface area contributed by atoms with Crippen molar-refractivity contribution in [3.63, 3.8) is 0 Å². The van der Waals surface area contributed by atoms with Gasteiger partial charge in [0.15, 0.2) is 0 Å². The van der Waals surface area contributed by atoms with Crippen LogP contribution in [0.5, 0.6) is 0 Å². The van der Waals surface area contributed by atoms with Gasteiger partial charge in [-0.25, -0.2) is 9.59 Å². The molecule has 2 aromatic carbocycles. The van der Waals surface area contributed by atoms with Crippen LogP contribution in [0, 0.1) is 0 Å². The van der Waals surface area contributed by atoms with Gasteiger partial charge in [0.2, 0.25) is 0 Å². The lowest BCUT2D eigenvalue weighted by atomic mass is 10.2. The highest BCUT2D eigenvalue weighted by molar-refractivity contribution is 5.95. The summed E-state index contributed by atoms with van der Waals surface area (Å²) in [6.45, 7) is 2.34. The van der Waals surface area contributed by atoms with E-state index >= 15 is 0 Å². The molecule has 1 aliphatic rings. The molecule has 0 aliphatic carbocycles. The van der Waals surface area contributed by atoms with Crippen molar-refractivity contribution in [1.82, 2.24) is 10.0 Å². The standard InChI is InChI=1S/C20H22N6O4/c1-29-19(27)15-7-3-5-9-17(15)21-23-25-11-13-26(14-12-25)24-22-18-10-6-4-8-16(18)20(28)30-2/h3-10H,11-14H2,1-2H3. The predicted molar refractivity (Wildman–Crippen MR) is 108 cm³/mol. The number of methoxy groups -OCH3 is 2. The van der Waals surface area contributed by atoms with Crippen LogP contribution < -0.4 is 0 Å². The third-order valence-corrected chi connectivity index (χ3v) is 4.41. The number of piperazine rings is 1. The van der Waals surface area contributed by atoms with Crippen LogP contribution in [0.1, 0.15) is 20.7 Å². The van der Waals surface area contributed by atoms with Crippen LogP contribution in [-0.2, 0) is 9.47 Å². The number of carbonyl (C=O) groups is 2. The SMILES string of the molecule is COC(=O)c1ccccc1N=NN1CCN(N=Nc2ccccc2C(=O)OC)CC1. The van der Waals surface area contributed by atoms with Gasteiger partial charge in [0.05, 0.1) is 51.5 Å². The van der Waals surface area contributed by atoms with Gasteiger partial charge in [-0.05, 0) is 24.3 Å². The number of rotatable bonds is 6. The lowest BCUT2D eigenvalue weighted by molar-refractivity contribution is 0.0592. The van der Waals surface area contributed by atoms with Crippen molar-refractivity contribution in [1.29, 1.82) is 0 Å². The van der Waals surface area contributed by atoms with E-state index in [9.17, 15) is 9.59 Å². The molecule has 156 valence electrons. The van der Waals surface area contributed by atoms with Crippen LogP contribution in [0.3, 0.4) is 0 Å². The van der Waals surface area contributed by atoms with E-state index < -0.39 is 11.9 Å². The predicted octanol–water partition coefficient (Wildman–Crippen LogP) is 3.58. The molecule has 1 saturated heterocycles. The molecule has 0 amide bonds. The maximum absolute atomic E-state index is 11.8. The van der Waals surface area contributed by atoms with Crippen molar-refractivity contribution >= 4 is 23.3 Å². The second-order valence-corrected chi connectivity index (χ2v) is 6.30. The van der Waals surface area contributed by atoms with E-state index in [1.807, 2.05) is 0 Å². The van der Waals surface area contributed by atoms with Gasteiger partial charge in [0.1, 0.15) is 11.4 Å². The zero-order valence-electron chi connectivity index (χ0n) is 16.8. The first kappa shape index (κ1) is 20.9. The Bertz CT molecular complexity index is 876. The fourth-order valence-corrected chi connectivity index (χ4v) is 2.77. The van der Waals surface area contributed by atoms with Crippen molar-refractivity contribution in [3.05, 3.63) is 59.7 Å². The zero-order chi connectivity index (χ0) is 21.3. The minimum absolute atomic E-state index is 0.362. The third kappa shape index (κ3) is 5.16. The molecule has 1 aliphatic heterocycles. The smallest absolute Gasteiger partial charge is 0.340 e. The van der Waals surface area contributed by atoms with Gasteiger partial charge >= 0.3 is 11.9 Å². The van der Waals surface area contributed by atoms with Crippen LogP contribution >= 0.6 is 0 Å². The molecule has 1 fully saturated rings. The number of esters is 2. The highest BCUT2D eigenvalue weighted by atomic mass is 16.5. The molecule has 0 N–H and O–H groups in total. The first-order valence-electron chi connectivity index (χ1n) is 9.30. The molecule has 30 heavy (non-hydrogen) atoms. The summed E-state index contributed by atoms with van der Waals surface area (Å²) in [6, 6.07) is 13.8. The van der Waals surface area contributed by atoms with Gasteiger partial charge in [-0.2, -0.15) is 0 Å². The molecule has 2 aromatic rings. The van der Waals surface area contributed by atoms with Gasteiger partial charge in [-0.1, -0.05) is 34.7 Å². The summed E-state index contributed by atoms with van der Waals surface area (Å²) in [5.74, 6) is -0.913. The molecule has 0 radical (unpaired) electrons. The van der Waals surface area contributed by atoms with E-state index in [1.165, 1.54) is 14.2 Å². The summed E-state index contributed by atoms with van der Waals surface area (Å²) in [5, 5.41) is 20.4. The average molecular weight is 410 g/mol. The Morgan fingerprint density at radius 1 is 0.700 bits per heavy atom. The molecular formula is C20H22N6O4. The topological polar surface area (TPSA) is 109 Å². The summed E-state index contributed by atoms with van der Waals surface area (Å²) in [5.41, 5.74) is 1.62. The Labute approximate surface area is 173 Å². The molecule has 0 spiro atoms. The number of benzene rings is 2. The number of hydrogen-bond acceptors (Lipinski definition) is 8. The van der Waals surface area contributed by atoms with E-state index in [2.05, 4.69) is 20.7 Å². The molecule has 0 unspecified atom stereocenters. The minimum atomic E-state index is -0.456. The van der Waals surface area contributed by atoms with Crippen LogP contribution in [-0.4, -0.2) is 62.4 Å². The molecule has 10 nitrogen and oxygen atoms in total. The average Bonchev–Trinajstić information content (AvgIpc) is 2.81. The van der Waals surface area contributed by atoms with Crippen molar-refractivity contribution in [2.24, 2.45) is 20.7 Å². The van der Waals surface area contributed by atoms with Crippen LogP contribution in [0.25, 0.3) is 0 Å². The van der Waals surface area contributed by atoms with Crippen LogP contribution in [0.4, 0.5) is 11.4 Å². The highest BCUT2D eigenvalue weighted by Crippen LogP contribution is 2.22. The fourth-order valence-electron chi connectivity index (χ4n) is 2.77. The van der Waals surface area contributed by atoms with Crippen molar-refractivity contribution in [2.75, 3.05) is 40.4 Å². The van der Waals surface area contributed by atoms with E-state index in [0.717, 1.165) is 0 Å². The van der Waals surface area contributed by atoms with E-state index in [4.69, 9.17) is 9.47 Å². The van der Waals surface area contributed by atoms with Gasteiger partial charge in [-0.15, -0.1) is 10.2 Å². The molecule has 0 atom stereocenters. The molecule has 0 saturated carbocycles. The monoisotopic (exact) mass is 410 g/mol. The van der Waals surface area contributed by atoms with E-state index in [-0.39, 0.29) is 0 Å². The summed E-state index contributed by atoms with van der Waals surface area (Å²) in [6.07, 6.45) is 0. The second kappa shape index (κ2) is 10.1. The molecule has 10 heteroatoms. The number of carbonyl (C=O) groups excluding carboxylic acids is 2. The molecule has 0 bridgehead atoms. The van der Waals surface area contributed by atoms with Gasteiger partial charge < -0.3 is 9.47 Å². The van der Waals surface area contributed by atoms with Crippen molar-refractivity contribution < 1.29 is 19.1 Å². The minimum Gasteiger partial charge on any atom is -0.465 e. The first-order chi connectivity index (χ1) is 14.6. The normalized spacial score (nSPS) is 14.3. The molecule has 3 rings (SSSR count). The summed E-state index contributed by atoms with van der Waals surface area (Å²) in [7, 11) is 2.65. The lowest BCUT2D eigenvalue weighted by Crippen LogP contribution is -2.41. The number of hydrogen-bond donors (Lipinski definition) is 0. The van der Waals surface area contributed by atoms with Crippen LogP contribution in [0.15, 0.2) is 69.2 Å². The summed E-state index contributed by atoms with van der Waals surface area (Å²) < 4.78 is 9.53. The Balaban J connectivity index is 1.59. The Morgan fingerprint density at radius 3 is 1.43 bits per heavy atom. The third-order valence-electron chi connectivity index (χ3n) is 4.41.